The van der Waals surface area contributed by atoms with Crippen LogP contribution in [-0.4, -0.2) is 16.2 Å². The highest BCUT2D eigenvalue weighted by Gasteiger charge is 2.15. The van der Waals surface area contributed by atoms with Crippen molar-refractivity contribution in [3.8, 4) is 17.1 Å². The van der Waals surface area contributed by atoms with Gasteiger partial charge in [0.05, 0.1) is 22.7 Å². The van der Waals surface area contributed by atoms with Gasteiger partial charge in [0.15, 0.2) is 0 Å². The molecule has 0 fully saturated rings. The third-order valence-corrected chi connectivity index (χ3v) is 5.65. The summed E-state index contributed by atoms with van der Waals surface area (Å²) in [4.78, 5) is 4.83. The van der Waals surface area contributed by atoms with Crippen LogP contribution in [0.25, 0.3) is 22.4 Å². The molecule has 0 amide bonds. The molecule has 0 radical (unpaired) electrons. The van der Waals surface area contributed by atoms with E-state index in [0.717, 1.165) is 41.1 Å². The van der Waals surface area contributed by atoms with Crippen LogP contribution in [0.1, 0.15) is 17.5 Å². The number of hydrogen-bond donors (Lipinski definition) is 0. The van der Waals surface area contributed by atoms with Crippen LogP contribution in [-0.2, 0) is 6.54 Å². The summed E-state index contributed by atoms with van der Waals surface area (Å²) in [6.07, 6.45) is 0.853. The quantitative estimate of drug-likeness (QED) is 0.308. The number of halogens is 2. The summed E-state index contributed by atoms with van der Waals surface area (Å²) in [5, 5.41) is 1.21. The molecule has 1 heterocycles. The van der Waals surface area contributed by atoms with Crippen LogP contribution in [0.2, 0.25) is 10.0 Å². The predicted octanol–water partition coefficient (Wildman–Crippen LogP) is 7.10. The van der Waals surface area contributed by atoms with Crippen molar-refractivity contribution in [2.75, 3.05) is 6.61 Å². The van der Waals surface area contributed by atoms with Crippen molar-refractivity contribution in [2.24, 2.45) is 0 Å². The molecule has 3 nitrogen and oxygen atoms in total. The number of aromatic nitrogens is 2. The summed E-state index contributed by atoms with van der Waals surface area (Å²) < 4.78 is 8.16. The molecule has 29 heavy (non-hydrogen) atoms. The second-order valence-corrected chi connectivity index (χ2v) is 7.99. The zero-order valence-corrected chi connectivity index (χ0v) is 18.0. The lowest BCUT2D eigenvalue weighted by atomic mass is 10.1. The van der Waals surface area contributed by atoms with Gasteiger partial charge in [0.2, 0.25) is 0 Å². The highest BCUT2D eigenvalue weighted by atomic mass is 35.5. The van der Waals surface area contributed by atoms with Crippen molar-refractivity contribution in [1.29, 1.82) is 0 Å². The Labute approximate surface area is 180 Å². The molecule has 0 atom stereocenters. The maximum atomic E-state index is 6.47. The lowest BCUT2D eigenvalue weighted by molar-refractivity contribution is 0.302. The van der Waals surface area contributed by atoms with Gasteiger partial charge in [-0.25, -0.2) is 4.98 Å². The number of benzene rings is 3. The lowest BCUT2D eigenvalue weighted by Crippen LogP contribution is -2.06. The van der Waals surface area contributed by atoms with E-state index in [1.54, 1.807) is 6.07 Å². The Bertz CT molecular complexity index is 1170. The van der Waals surface area contributed by atoms with Crippen molar-refractivity contribution < 1.29 is 4.74 Å². The van der Waals surface area contributed by atoms with Gasteiger partial charge in [0, 0.05) is 17.1 Å². The standard InChI is InChI=1S/C24H22Cl2N2O/c1-16-8-10-19(14-17(16)2)29-13-5-12-28-23-7-4-3-6-22(23)27-24(28)20-11-9-18(25)15-21(20)26/h3-4,6-11,14-15H,5,12-13H2,1-2H3. The number of imidazole rings is 1. The molecular formula is C24H22Cl2N2O. The summed E-state index contributed by atoms with van der Waals surface area (Å²) in [5.41, 5.74) is 5.42. The van der Waals surface area contributed by atoms with Crippen molar-refractivity contribution in [3.63, 3.8) is 0 Å². The Kier molecular flexibility index (Phi) is 5.79. The summed E-state index contributed by atoms with van der Waals surface area (Å²) in [6.45, 7) is 5.61. The molecule has 0 aliphatic rings. The molecule has 3 aromatic carbocycles. The molecule has 1 aromatic heterocycles. The van der Waals surface area contributed by atoms with Gasteiger partial charge in [0.1, 0.15) is 11.6 Å². The molecule has 0 unspecified atom stereocenters. The van der Waals surface area contributed by atoms with Crippen molar-refractivity contribution in [1.82, 2.24) is 9.55 Å². The van der Waals surface area contributed by atoms with Crippen molar-refractivity contribution in [3.05, 3.63) is 81.8 Å². The zero-order chi connectivity index (χ0) is 20.4. The van der Waals surface area contributed by atoms with Crippen LogP contribution < -0.4 is 4.74 Å². The molecule has 0 aliphatic heterocycles. The SMILES string of the molecule is Cc1ccc(OCCCn2c(-c3ccc(Cl)cc3Cl)nc3ccccc32)cc1C. The minimum Gasteiger partial charge on any atom is -0.494 e. The number of hydrogen-bond acceptors (Lipinski definition) is 2. The number of nitrogens with zero attached hydrogens (tertiary/aromatic N) is 2. The van der Waals surface area contributed by atoms with E-state index in [2.05, 4.69) is 36.6 Å². The molecule has 4 aromatic rings. The molecule has 0 saturated heterocycles. The normalized spacial score (nSPS) is 11.2. The number of aryl methyl sites for hydroxylation is 3. The van der Waals surface area contributed by atoms with E-state index >= 15 is 0 Å². The molecule has 0 bridgehead atoms. The van der Waals surface area contributed by atoms with Crippen LogP contribution in [0.3, 0.4) is 0 Å². The molecular weight excluding hydrogens is 403 g/mol. The third kappa shape index (κ3) is 4.26. The Morgan fingerprint density at radius 1 is 0.931 bits per heavy atom. The van der Waals surface area contributed by atoms with Crippen LogP contribution in [0, 0.1) is 13.8 Å². The lowest BCUT2D eigenvalue weighted by Gasteiger charge is -2.12. The van der Waals surface area contributed by atoms with Gasteiger partial charge in [0.25, 0.3) is 0 Å². The molecule has 4 rings (SSSR count). The van der Waals surface area contributed by atoms with E-state index < -0.39 is 0 Å². The highest BCUT2D eigenvalue weighted by molar-refractivity contribution is 6.36. The Morgan fingerprint density at radius 3 is 2.55 bits per heavy atom. The average Bonchev–Trinajstić information content (AvgIpc) is 3.06. The van der Waals surface area contributed by atoms with E-state index in [4.69, 9.17) is 32.9 Å². The molecule has 0 N–H and O–H groups in total. The van der Waals surface area contributed by atoms with Crippen LogP contribution in [0.4, 0.5) is 0 Å². The van der Waals surface area contributed by atoms with Gasteiger partial charge in [-0.05, 0) is 73.9 Å². The molecule has 5 heteroatoms. The third-order valence-electron chi connectivity index (χ3n) is 5.10. The molecule has 0 aliphatic carbocycles. The van der Waals surface area contributed by atoms with Crippen LogP contribution in [0.5, 0.6) is 5.75 Å². The summed E-state index contributed by atoms with van der Waals surface area (Å²) in [7, 11) is 0. The Hall–Kier alpha value is -2.49. The number of ether oxygens (including phenoxy) is 1. The smallest absolute Gasteiger partial charge is 0.142 e. The van der Waals surface area contributed by atoms with Gasteiger partial charge >= 0.3 is 0 Å². The fourth-order valence-corrected chi connectivity index (χ4v) is 3.89. The van der Waals surface area contributed by atoms with Crippen LogP contribution >= 0.6 is 23.2 Å². The summed E-state index contributed by atoms with van der Waals surface area (Å²) in [6, 6.07) is 19.8. The van der Waals surface area contributed by atoms with Gasteiger partial charge in [-0.3, -0.25) is 0 Å². The molecule has 148 valence electrons. The van der Waals surface area contributed by atoms with Crippen molar-refractivity contribution >= 4 is 34.2 Å². The Morgan fingerprint density at radius 2 is 1.76 bits per heavy atom. The fraction of sp³-hybridized carbons (Fsp3) is 0.208. The fourth-order valence-electron chi connectivity index (χ4n) is 3.39. The maximum Gasteiger partial charge on any atom is 0.142 e. The van der Waals surface area contributed by atoms with Gasteiger partial charge in [-0.15, -0.1) is 0 Å². The monoisotopic (exact) mass is 424 g/mol. The first kappa shape index (κ1) is 19.8. The van der Waals surface area contributed by atoms with E-state index in [0.29, 0.717) is 16.7 Å². The van der Waals surface area contributed by atoms with E-state index in [1.807, 2.05) is 36.4 Å². The minimum atomic E-state index is 0.598. The first-order valence-corrected chi connectivity index (χ1v) is 10.4. The summed E-state index contributed by atoms with van der Waals surface area (Å²) >= 11 is 12.5. The first-order chi connectivity index (χ1) is 14.0. The second-order valence-electron chi connectivity index (χ2n) is 7.15. The summed E-state index contributed by atoms with van der Waals surface area (Å²) in [5.74, 6) is 1.75. The maximum absolute atomic E-state index is 6.47. The Balaban J connectivity index is 1.56. The van der Waals surface area contributed by atoms with Gasteiger partial charge in [-0.2, -0.15) is 0 Å². The van der Waals surface area contributed by atoms with Crippen molar-refractivity contribution in [2.45, 2.75) is 26.8 Å². The predicted molar refractivity (Wildman–Crippen MR) is 121 cm³/mol. The largest absolute Gasteiger partial charge is 0.494 e. The number of para-hydroxylation sites is 2. The average molecular weight is 425 g/mol. The minimum absolute atomic E-state index is 0.598. The first-order valence-electron chi connectivity index (χ1n) is 9.63. The topological polar surface area (TPSA) is 27.1 Å². The van der Waals surface area contributed by atoms with Gasteiger partial charge in [-0.1, -0.05) is 41.4 Å². The van der Waals surface area contributed by atoms with E-state index in [9.17, 15) is 0 Å². The molecule has 0 saturated carbocycles. The van der Waals surface area contributed by atoms with E-state index in [1.165, 1.54) is 11.1 Å². The number of rotatable bonds is 6. The number of fused-ring (bicyclic) bond motifs is 1. The van der Waals surface area contributed by atoms with Crippen LogP contribution in [0.15, 0.2) is 60.7 Å². The second kappa shape index (κ2) is 8.48. The van der Waals surface area contributed by atoms with E-state index in [-0.39, 0.29) is 0 Å². The van der Waals surface area contributed by atoms with Gasteiger partial charge < -0.3 is 9.30 Å². The zero-order valence-electron chi connectivity index (χ0n) is 16.5. The molecule has 0 spiro atoms. The highest BCUT2D eigenvalue weighted by Crippen LogP contribution is 2.32.